The number of likely N-dealkylation sites (N-methyl/N-ethyl adjacent to an activating group) is 1. The van der Waals surface area contributed by atoms with Crippen LogP contribution in [0.5, 0.6) is 0 Å². The molecule has 0 aliphatic carbocycles. The molecule has 1 aromatic carbocycles. The summed E-state index contributed by atoms with van der Waals surface area (Å²) in [5.74, 6) is 0.237. The molecule has 130 valence electrons. The summed E-state index contributed by atoms with van der Waals surface area (Å²) in [6.07, 6.45) is 1.41. The van der Waals surface area contributed by atoms with Crippen molar-refractivity contribution < 1.29 is 13.2 Å². The Kier molecular flexibility index (Phi) is 6.78. The average Bonchev–Trinajstić information content (AvgIpc) is 3.05. The Hall–Kier alpha value is -1.43. The molecule has 0 saturated carbocycles. The van der Waals surface area contributed by atoms with Gasteiger partial charge in [0.15, 0.2) is 5.16 Å². The summed E-state index contributed by atoms with van der Waals surface area (Å²) in [6, 6.07) is 6.26. The molecule has 0 saturated heterocycles. The molecule has 24 heavy (non-hydrogen) atoms. The van der Waals surface area contributed by atoms with Crippen LogP contribution in [0.4, 0.5) is 0 Å². The summed E-state index contributed by atoms with van der Waals surface area (Å²) in [7, 11) is -2.32. The molecule has 0 spiro atoms. The standard InChI is InChI=1S/C13H16BrN5O3S2/c1-19(24(21,22)11-4-2-10(14)3-5-11)8-12(20)15-6-7-23-13-16-9-17-18-13/h2-5,9H,6-8H2,1H3,(H,15,20)(H,16,17,18). The van der Waals surface area contributed by atoms with Gasteiger partial charge < -0.3 is 5.32 Å². The minimum absolute atomic E-state index is 0.141. The Bertz CT molecular complexity index is 765. The zero-order valence-electron chi connectivity index (χ0n) is 12.8. The first kappa shape index (κ1) is 18.9. The first-order valence-corrected chi connectivity index (χ1v) is 10.1. The van der Waals surface area contributed by atoms with Crippen molar-refractivity contribution in [1.82, 2.24) is 24.8 Å². The van der Waals surface area contributed by atoms with Crippen molar-refractivity contribution in [2.45, 2.75) is 10.1 Å². The molecule has 2 aromatic rings. The molecule has 8 nitrogen and oxygen atoms in total. The smallest absolute Gasteiger partial charge is 0.243 e. The predicted molar refractivity (Wildman–Crippen MR) is 94.1 cm³/mol. The molecule has 0 fully saturated rings. The fraction of sp³-hybridized carbons (Fsp3) is 0.308. The number of hydrogen-bond donors (Lipinski definition) is 2. The number of aromatic amines is 1. The number of amides is 1. The van der Waals surface area contributed by atoms with Gasteiger partial charge in [-0.3, -0.25) is 9.89 Å². The lowest BCUT2D eigenvalue weighted by Gasteiger charge is -2.16. The van der Waals surface area contributed by atoms with Crippen LogP contribution in [0.25, 0.3) is 0 Å². The van der Waals surface area contributed by atoms with Crippen LogP contribution in [0.3, 0.4) is 0 Å². The molecule has 2 N–H and O–H groups in total. The van der Waals surface area contributed by atoms with Crippen molar-refractivity contribution in [2.24, 2.45) is 0 Å². The van der Waals surface area contributed by atoms with E-state index >= 15 is 0 Å². The first-order chi connectivity index (χ1) is 11.4. The minimum atomic E-state index is -3.69. The number of nitrogens with zero attached hydrogens (tertiary/aromatic N) is 3. The van der Waals surface area contributed by atoms with Gasteiger partial charge in [-0.2, -0.15) is 9.40 Å². The summed E-state index contributed by atoms with van der Waals surface area (Å²) in [6.45, 7) is 0.155. The number of carbonyl (C=O) groups is 1. The van der Waals surface area contributed by atoms with E-state index in [1.54, 1.807) is 12.1 Å². The highest BCUT2D eigenvalue weighted by atomic mass is 79.9. The summed E-state index contributed by atoms with van der Waals surface area (Å²) in [5, 5.41) is 9.75. The topological polar surface area (TPSA) is 108 Å². The van der Waals surface area contributed by atoms with Crippen LogP contribution in [-0.2, 0) is 14.8 Å². The zero-order chi connectivity index (χ0) is 17.6. The summed E-state index contributed by atoms with van der Waals surface area (Å²) in [5.41, 5.74) is 0. The maximum Gasteiger partial charge on any atom is 0.243 e. The van der Waals surface area contributed by atoms with Crippen molar-refractivity contribution in [3.63, 3.8) is 0 Å². The fourth-order valence-electron chi connectivity index (χ4n) is 1.73. The van der Waals surface area contributed by atoms with Crippen LogP contribution in [0.1, 0.15) is 0 Å². The number of carbonyl (C=O) groups excluding carboxylic acids is 1. The van der Waals surface area contributed by atoms with Crippen LogP contribution in [0.2, 0.25) is 0 Å². The van der Waals surface area contributed by atoms with E-state index in [1.165, 1.54) is 37.3 Å². The van der Waals surface area contributed by atoms with Crippen molar-refractivity contribution in [3.8, 4) is 0 Å². The maximum atomic E-state index is 12.4. The van der Waals surface area contributed by atoms with Gasteiger partial charge in [0.05, 0.1) is 11.4 Å². The molecule has 0 atom stereocenters. The fourth-order valence-corrected chi connectivity index (χ4v) is 3.76. The molecule has 2 rings (SSSR count). The number of nitrogens with one attached hydrogen (secondary N) is 2. The molecule has 0 radical (unpaired) electrons. The number of sulfonamides is 1. The Morgan fingerprint density at radius 2 is 2.08 bits per heavy atom. The quantitative estimate of drug-likeness (QED) is 0.476. The lowest BCUT2D eigenvalue weighted by atomic mass is 10.4. The third-order valence-electron chi connectivity index (χ3n) is 2.94. The molecule has 0 aliphatic rings. The third kappa shape index (κ3) is 5.30. The number of thioether (sulfide) groups is 1. The number of rotatable bonds is 8. The van der Waals surface area contributed by atoms with Crippen molar-refractivity contribution >= 4 is 43.6 Å². The van der Waals surface area contributed by atoms with Gasteiger partial charge in [-0.25, -0.2) is 13.4 Å². The normalized spacial score (nSPS) is 11.6. The van der Waals surface area contributed by atoms with Gasteiger partial charge in [0.25, 0.3) is 0 Å². The molecule has 11 heteroatoms. The van der Waals surface area contributed by atoms with E-state index < -0.39 is 10.0 Å². The molecule has 1 amide bonds. The highest BCUT2D eigenvalue weighted by molar-refractivity contribution is 9.10. The molecular formula is C13H16BrN5O3S2. The highest BCUT2D eigenvalue weighted by Gasteiger charge is 2.22. The van der Waals surface area contributed by atoms with E-state index in [1.807, 2.05) is 0 Å². The lowest BCUT2D eigenvalue weighted by molar-refractivity contribution is -0.121. The van der Waals surface area contributed by atoms with E-state index in [-0.39, 0.29) is 17.3 Å². The third-order valence-corrected chi connectivity index (χ3v) is 6.17. The van der Waals surface area contributed by atoms with Crippen LogP contribution in [0, 0.1) is 0 Å². The van der Waals surface area contributed by atoms with Gasteiger partial charge in [0.2, 0.25) is 15.9 Å². The monoisotopic (exact) mass is 433 g/mol. The number of H-pyrrole nitrogens is 1. The van der Waals surface area contributed by atoms with Crippen LogP contribution < -0.4 is 5.32 Å². The SMILES string of the molecule is CN(CC(=O)NCCSc1ncn[nH]1)S(=O)(=O)c1ccc(Br)cc1. The number of aromatic nitrogens is 3. The second kappa shape index (κ2) is 8.60. The summed E-state index contributed by atoms with van der Waals surface area (Å²) >= 11 is 4.67. The van der Waals surface area contributed by atoms with Crippen LogP contribution in [0.15, 0.2) is 45.1 Å². The molecular weight excluding hydrogens is 418 g/mol. The minimum Gasteiger partial charge on any atom is -0.354 e. The van der Waals surface area contributed by atoms with E-state index in [0.717, 1.165) is 8.78 Å². The Morgan fingerprint density at radius 3 is 2.71 bits per heavy atom. The van der Waals surface area contributed by atoms with Gasteiger partial charge in [-0.15, -0.1) is 0 Å². The Balaban J connectivity index is 1.80. The molecule has 1 heterocycles. The number of hydrogen-bond acceptors (Lipinski definition) is 6. The van der Waals surface area contributed by atoms with Gasteiger partial charge in [-0.05, 0) is 24.3 Å². The van der Waals surface area contributed by atoms with Crippen molar-refractivity contribution in [1.29, 1.82) is 0 Å². The lowest BCUT2D eigenvalue weighted by Crippen LogP contribution is -2.39. The van der Waals surface area contributed by atoms with Crippen LogP contribution >= 0.6 is 27.7 Å². The average molecular weight is 434 g/mol. The van der Waals surface area contributed by atoms with E-state index in [2.05, 4.69) is 36.4 Å². The first-order valence-electron chi connectivity index (χ1n) is 6.86. The van der Waals surface area contributed by atoms with E-state index in [0.29, 0.717) is 17.5 Å². The molecule has 0 bridgehead atoms. The molecule has 0 aliphatic heterocycles. The molecule has 1 aromatic heterocycles. The predicted octanol–water partition coefficient (Wildman–Crippen LogP) is 1.10. The zero-order valence-corrected chi connectivity index (χ0v) is 16.0. The second-order valence-corrected chi connectivity index (χ2v) is 8.75. The second-order valence-electron chi connectivity index (χ2n) is 4.70. The Morgan fingerprint density at radius 1 is 1.38 bits per heavy atom. The van der Waals surface area contributed by atoms with E-state index in [9.17, 15) is 13.2 Å². The maximum absolute atomic E-state index is 12.4. The van der Waals surface area contributed by atoms with Crippen LogP contribution in [-0.4, -0.2) is 59.7 Å². The summed E-state index contributed by atoms with van der Waals surface area (Å²) in [4.78, 5) is 16.0. The van der Waals surface area contributed by atoms with E-state index in [4.69, 9.17) is 0 Å². The van der Waals surface area contributed by atoms with Gasteiger partial charge in [0, 0.05) is 23.8 Å². The van der Waals surface area contributed by atoms with Gasteiger partial charge in [-0.1, -0.05) is 27.7 Å². The van der Waals surface area contributed by atoms with Crippen molar-refractivity contribution in [3.05, 3.63) is 35.1 Å². The largest absolute Gasteiger partial charge is 0.354 e. The Labute approximate surface area is 152 Å². The van der Waals surface area contributed by atoms with Crippen molar-refractivity contribution in [2.75, 3.05) is 25.9 Å². The molecule has 0 unspecified atom stereocenters. The number of benzene rings is 1. The number of halogens is 1. The summed E-state index contributed by atoms with van der Waals surface area (Å²) < 4.78 is 26.5. The van der Waals surface area contributed by atoms with Gasteiger partial charge >= 0.3 is 0 Å². The van der Waals surface area contributed by atoms with Gasteiger partial charge in [0.1, 0.15) is 6.33 Å². The highest BCUT2D eigenvalue weighted by Crippen LogP contribution is 2.17.